The van der Waals surface area contributed by atoms with Crippen molar-refractivity contribution in [2.45, 2.75) is 58.2 Å². The number of guanidine groups is 1. The number of nitrogens with zero attached hydrogens (tertiary/aromatic N) is 2. The number of hydrogen-bond acceptors (Lipinski definition) is 5. The molecule has 218 valence electrons. The van der Waals surface area contributed by atoms with Crippen LogP contribution in [0.25, 0.3) is 10.8 Å². The number of benzene rings is 3. The second-order valence-corrected chi connectivity index (χ2v) is 10.5. The third-order valence-electron chi connectivity index (χ3n) is 6.68. The molecular formula is C31H41N7O3. The smallest absolute Gasteiger partial charge is 0.246 e. The van der Waals surface area contributed by atoms with Crippen LogP contribution in [0.3, 0.4) is 0 Å². The van der Waals surface area contributed by atoms with Gasteiger partial charge in [0.05, 0.1) is 6.04 Å². The van der Waals surface area contributed by atoms with Crippen LogP contribution in [0.1, 0.15) is 40.0 Å². The molecule has 0 heterocycles. The molecule has 10 heteroatoms. The largest absolute Gasteiger partial charge is 0.370 e. The topological polar surface area (TPSA) is 169 Å². The summed E-state index contributed by atoms with van der Waals surface area (Å²) < 4.78 is 0. The summed E-state index contributed by atoms with van der Waals surface area (Å²) in [4.78, 5) is 45.9. The molecule has 3 atom stereocenters. The van der Waals surface area contributed by atoms with E-state index in [1.54, 1.807) is 31.2 Å². The Morgan fingerprint density at radius 1 is 0.878 bits per heavy atom. The third-order valence-corrected chi connectivity index (χ3v) is 6.68. The lowest BCUT2D eigenvalue weighted by Gasteiger charge is -2.32. The first-order valence-corrected chi connectivity index (χ1v) is 13.9. The van der Waals surface area contributed by atoms with Crippen LogP contribution in [0, 0.1) is 5.92 Å². The lowest BCUT2D eigenvalue weighted by Crippen LogP contribution is -2.56. The van der Waals surface area contributed by atoms with Gasteiger partial charge in [0, 0.05) is 17.9 Å². The van der Waals surface area contributed by atoms with Crippen LogP contribution in [-0.4, -0.2) is 48.4 Å². The number of carbonyl (C=O) groups is 3. The standard InChI is InChI=1S/C31H41N7O3/c1-20(2)18-26(32)30(41)38(25-12-5-4-6-13-25)21(3)28(39)37-27(14-9-17-35-31(33)34)29(40)36-24-16-15-22-10-7-8-11-23(22)19-24/h4-8,10-13,15-16,19-21,26-27H,9,14,17-18,32H2,1-3H3,(H,36,40)(H,37,39)(H4,33,34,35)/t21?,26?,27-/m1/s1. The second kappa shape index (κ2) is 14.8. The minimum Gasteiger partial charge on any atom is -0.370 e. The maximum atomic E-state index is 13.6. The molecule has 0 aliphatic carbocycles. The second-order valence-electron chi connectivity index (χ2n) is 10.5. The minimum atomic E-state index is -0.934. The van der Waals surface area contributed by atoms with Gasteiger partial charge in [0.15, 0.2) is 5.96 Å². The van der Waals surface area contributed by atoms with Crippen LogP contribution in [0.2, 0.25) is 0 Å². The fourth-order valence-corrected chi connectivity index (χ4v) is 4.60. The fourth-order valence-electron chi connectivity index (χ4n) is 4.60. The van der Waals surface area contributed by atoms with Gasteiger partial charge in [0.2, 0.25) is 17.7 Å². The molecule has 0 saturated heterocycles. The van der Waals surface area contributed by atoms with Crippen molar-refractivity contribution in [3.63, 3.8) is 0 Å². The highest BCUT2D eigenvalue weighted by molar-refractivity contribution is 6.04. The van der Waals surface area contributed by atoms with Crippen molar-refractivity contribution >= 4 is 45.8 Å². The van der Waals surface area contributed by atoms with Crippen molar-refractivity contribution in [1.29, 1.82) is 0 Å². The molecular weight excluding hydrogens is 518 g/mol. The molecule has 41 heavy (non-hydrogen) atoms. The zero-order valence-electron chi connectivity index (χ0n) is 23.9. The Morgan fingerprint density at radius 3 is 2.20 bits per heavy atom. The number of nitrogens with two attached hydrogens (primary N) is 3. The molecule has 0 spiro atoms. The maximum Gasteiger partial charge on any atom is 0.246 e. The fraction of sp³-hybridized carbons (Fsp3) is 0.355. The van der Waals surface area contributed by atoms with Crippen molar-refractivity contribution in [2.75, 3.05) is 16.8 Å². The van der Waals surface area contributed by atoms with E-state index in [9.17, 15) is 14.4 Å². The van der Waals surface area contributed by atoms with E-state index in [0.717, 1.165) is 10.8 Å². The van der Waals surface area contributed by atoms with E-state index in [0.29, 0.717) is 30.8 Å². The van der Waals surface area contributed by atoms with Gasteiger partial charge >= 0.3 is 0 Å². The number of anilines is 2. The summed E-state index contributed by atoms with van der Waals surface area (Å²) in [5.41, 5.74) is 18.3. The van der Waals surface area contributed by atoms with E-state index in [2.05, 4.69) is 15.6 Å². The Labute approximate surface area is 241 Å². The summed E-state index contributed by atoms with van der Waals surface area (Å²) in [5.74, 6) is -1.09. The molecule has 3 amide bonds. The summed E-state index contributed by atoms with van der Waals surface area (Å²) in [5, 5.41) is 7.78. The normalized spacial score (nSPS) is 13.2. The molecule has 0 radical (unpaired) electrons. The average molecular weight is 560 g/mol. The van der Waals surface area contributed by atoms with Gasteiger partial charge in [-0.15, -0.1) is 0 Å². The summed E-state index contributed by atoms with van der Waals surface area (Å²) in [7, 11) is 0. The van der Waals surface area contributed by atoms with Gasteiger partial charge < -0.3 is 27.8 Å². The zero-order chi connectivity index (χ0) is 29.9. The molecule has 0 aliphatic rings. The van der Waals surface area contributed by atoms with Crippen LogP contribution in [0.5, 0.6) is 0 Å². The highest BCUT2D eigenvalue weighted by atomic mass is 16.2. The Kier molecular flexibility index (Phi) is 11.2. The molecule has 0 fully saturated rings. The predicted octanol–water partition coefficient (Wildman–Crippen LogP) is 3.11. The lowest BCUT2D eigenvalue weighted by molar-refractivity contribution is -0.129. The third kappa shape index (κ3) is 9.04. The van der Waals surface area contributed by atoms with Crippen LogP contribution >= 0.6 is 0 Å². The van der Waals surface area contributed by atoms with Crippen LogP contribution < -0.4 is 32.7 Å². The Bertz CT molecular complexity index is 1360. The zero-order valence-corrected chi connectivity index (χ0v) is 23.9. The summed E-state index contributed by atoms with van der Waals surface area (Å²) >= 11 is 0. The molecule has 0 aliphatic heterocycles. The molecule has 0 bridgehead atoms. The van der Waals surface area contributed by atoms with Crippen molar-refractivity contribution < 1.29 is 14.4 Å². The van der Waals surface area contributed by atoms with E-state index < -0.39 is 24.0 Å². The monoisotopic (exact) mass is 559 g/mol. The molecule has 3 aromatic carbocycles. The van der Waals surface area contributed by atoms with Crippen LogP contribution in [-0.2, 0) is 14.4 Å². The molecule has 10 nitrogen and oxygen atoms in total. The quantitative estimate of drug-likeness (QED) is 0.122. The first-order chi connectivity index (χ1) is 19.6. The number of fused-ring (bicyclic) bond motifs is 1. The number of aliphatic imine (C=N–C) groups is 1. The number of nitrogens with one attached hydrogen (secondary N) is 2. The van der Waals surface area contributed by atoms with Gasteiger partial charge in [0.1, 0.15) is 12.1 Å². The number of carbonyl (C=O) groups excluding carboxylic acids is 3. The number of hydrogen-bond donors (Lipinski definition) is 5. The summed E-state index contributed by atoms with van der Waals surface area (Å²) in [6, 6.07) is 19.7. The van der Waals surface area contributed by atoms with Crippen molar-refractivity contribution in [1.82, 2.24) is 5.32 Å². The highest BCUT2D eigenvalue weighted by Crippen LogP contribution is 2.21. The summed E-state index contributed by atoms with van der Waals surface area (Å²) in [6.07, 6.45) is 1.20. The maximum absolute atomic E-state index is 13.6. The number of rotatable bonds is 13. The molecule has 2 unspecified atom stereocenters. The Hall–Kier alpha value is -4.44. The number of para-hydroxylation sites is 1. The Morgan fingerprint density at radius 2 is 1.54 bits per heavy atom. The van der Waals surface area contributed by atoms with E-state index in [1.807, 2.05) is 62.4 Å². The van der Waals surface area contributed by atoms with Gasteiger partial charge in [-0.05, 0) is 67.1 Å². The molecule has 0 aromatic heterocycles. The van der Waals surface area contributed by atoms with E-state index >= 15 is 0 Å². The SMILES string of the molecule is CC(C)CC(N)C(=O)N(c1ccccc1)C(C)C(=O)N[C@H](CCCN=C(N)N)C(=O)Nc1ccc2ccccc2c1. The van der Waals surface area contributed by atoms with Gasteiger partial charge in [-0.3, -0.25) is 24.3 Å². The van der Waals surface area contributed by atoms with Crippen molar-refractivity contribution in [3.05, 3.63) is 72.8 Å². The molecule has 8 N–H and O–H groups in total. The Balaban J connectivity index is 1.82. The van der Waals surface area contributed by atoms with E-state index in [-0.39, 0.29) is 30.1 Å². The molecule has 0 saturated carbocycles. The molecule has 3 aromatic rings. The summed E-state index contributed by atoms with van der Waals surface area (Å²) in [6.45, 7) is 5.89. The predicted molar refractivity (Wildman–Crippen MR) is 165 cm³/mol. The highest BCUT2D eigenvalue weighted by Gasteiger charge is 2.33. The minimum absolute atomic E-state index is 0.0467. The van der Waals surface area contributed by atoms with Gasteiger partial charge in [0.25, 0.3) is 0 Å². The van der Waals surface area contributed by atoms with Crippen molar-refractivity contribution in [2.24, 2.45) is 28.1 Å². The van der Waals surface area contributed by atoms with Gasteiger partial charge in [-0.25, -0.2) is 0 Å². The van der Waals surface area contributed by atoms with Crippen molar-refractivity contribution in [3.8, 4) is 0 Å². The van der Waals surface area contributed by atoms with Crippen LogP contribution in [0.15, 0.2) is 77.8 Å². The van der Waals surface area contributed by atoms with Crippen LogP contribution in [0.4, 0.5) is 11.4 Å². The van der Waals surface area contributed by atoms with Gasteiger partial charge in [-0.2, -0.15) is 0 Å². The molecule has 3 rings (SSSR count). The first-order valence-electron chi connectivity index (χ1n) is 13.9. The lowest BCUT2D eigenvalue weighted by atomic mass is 10.0. The van der Waals surface area contributed by atoms with Gasteiger partial charge in [-0.1, -0.05) is 62.4 Å². The first kappa shape index (κ1) is 31.1. The van der Waals surface area contributed by atoms with E-state index in [4.69, 9.17) is 17.2 Å². The number of amides is 3. The van der Waals surface area contributed by atoms with E-state index in [1.165, 1.54) is 4.90 Å². The average Bonchev–Trinajstić information content (AvgIpc) is 2.94.